The summed E-state index contributed by atoms with van der Waals surface area (Å²) in [5.74, 6) is -1.07. The number of fused-ring (bicyclic) bond motifs is 1. The van der Waals surface area contributed by atoms with Crippen LogP contribution in [0.15, 0.2) is 29.1 Å². The van der Waals surface area contributed by atoms with Crippen molar-refractivity contribution >= 4 is 24.9 Å². The van der Waals surface area contributed by atoms with Gasteiger partial charge < -0.3 is 9.84 Å². The molecule has 0 radical (unpaired) electrons. The zero-order valence-corrected chi connectivity index (χ0v) is 14.7. The second kappa shape index (κ2) is 7.06. The third-order valence-electron chi connectivity index (χ3n) is 3.46. The summed E-state index contributed by atoms with van der Waals surface area (Å²) in [5.41, 5.74) is 0.353. The van der Waals surface area contributed by atoms with E-state index in [1.807, 2.05) is 6.07 Å². The first kappa shape index (κ1) is 17.4. The molecule has 1 aromatic carbocycles. The molecule has 0 amide bonds. The molecule has 7 heteroatoms. The molecule has 2 aromatic rings. The van der Waals surface area contributed by atoms with E-state index in [2.05, 4.69) is 24.7 Å². The summed E-state index contributed by atoms with van der Waals surface area (Å²) >= 11 is 0. The normalized spacial score (nSPS) is 11.8. The van der Waals surface area contributed by atoms with Gasteiger partial charge in [0, 0.05) is 20.1 Å². The third-order valence-corrected chi connectivity index (χ3v) is 5.16. The fourth-order valence-corrected chi connectivity index (χ4v) is 2.93. The number of benzene rings is 1. The van der Waals surface area contributed by atoms with Crippen molar-refractivity contribution in [3.8, 4) is 0 Å². The average molecular weight is 334 g/mol. The fraction of sp³-hybridized carbons (Fsp3) is 0.438. The molecular formula is C16H22N2O4Si. The van der Waals surface area contributed by atoms with Crippen molar-refractivity contribution in [2.45, 2.75) is 38.8 Å². The smallest absolute Gasteiger partial charge is 0.309 e. The lowest BCUT2D eigenvalue weighted by atomic mass is 10.2. The number of nitrogens with zero attached hydrogens (tertiary/aromatic N) is 2. The molecule has 0 atom stereocenters. The summed E-state index contributed by atoms with van der Waals surface area (Å²) in [6, 6.07) is 8.08. The first-order valence-electron chi connectivity index (χ1n) is 7.56. The van der Waals surface area contributed by atoms with Crippen molar-refractivity contribution in [3.63, 3.8) is 0 Å². The molecule has 1 N–H and O–H groups in total. The quantitative estimate of drug-likeness (QED) is 0.621. The van der Waals surface area contributed by atoms with E-state index in [-0.39, 0.29) is 17.9 Å². The molecule has 0 aliphatic carbocycles. The van der Waals surface area contributed by atoms with E-state index in [0.717, 1.165) is 6.04 Å². The van der Waals surface area contributed by atoms with Crippen molar-refractivity contribution in [2.24, 2.45) is 0 Å². The first-order valence-corrected chi connectivity index (χ1v) is 11.3. The Morgan fingerprint density at radius 1 is 1.30 bits per heavy atom. The predicted octanol–water partition coefficient (Wildman–Crippen LogP) is 2.34. The van der Waals surface area contributed by atoms with Crippen LogP contribution in [0.5, 0.6) is 0 Å². The molecular weight excluding hydrogens is 312 g/mol. The van der Waals surface area contributed by atoms with Gasteiger partial charge in [-0.3, -0.25) is 9.59 Å². The number of carbonyl (C=O) groups is 1. The Bertz CT molecular complexity index is 765. The van der Waals surface area contributed by atoms with Gasteiger partial charge in [0.15, 0.2) is 0 Å². The number of aliphatic carboxylic acids is 1. The summed E-state index contributed by atoms with van der Waals surface area (Å²) in [6.45, 7) is 7.65. The van der Waals surface area contributed by atoms with Gasteiger partial charge in [0.2, 0.25) is 5.43 Å². The lowest BCUT2D eigenvalue weighted by Gasteiger charge is -2.16. The molecule has 0 fully saturated rings. The van der Waals surface area contributed by atoms with Crippen LogP contribution in [0.25, 0.3) is 10.9 Å². The number of carboxylic acids is 1. The van der Waals surface area contributed by atoms with E-state index in [1.54, 1.807) is 22.9 Å². The Morgan fingerprint density at radius 3 is 2.65 bits per heavy atom. The number of carboxylic acid groups (broad SMARTS) is 1. The van der Waals surface area contributed by atoms with Crippen LogP contribution in [0.4, 0.5) is 0 Å². The van der Waals surface area contributed by atoms with Crippen LogP contribution < -0.4 is 5.43 Å². The maximum atomic E-state index is 12.3. The number of para-hydroxylation sites is 1. The van der Waals surface area contributed by atoms with Crippen LogP contribution in [0.2, 0.25) is 25.7 Å². The first-order chi connectivity index (χ1) is 10.8. The number of ether oxygens (including phenoxy) is 1. The van der Waals surface area contributed by atoms with Crippen LogP contribution in [0.3, 0.4) is 0 Å². The van der Waals surface area contributed by atoms with Crippen LogP contribution in [-0.4, -0.2) is 35.5 Å². The highest BCUT2D eigenvalue weighted by Crippen LogP contribution is 2.11. The highest BCUT2D eigenvalue weighted by atomic mass is 28.3. The lowest BCUT2D eigenvalue weighted by molar-refractivity contribution is -0.136. The standard InChI is InChI=1S/C16H22N2O4Si/c1-23(2,3)9-8-22-11-18-14-7-5-4-6-12(14)16(21)13(17-18)10-15(19)20/h4-7H,8-11H2,1-3H3,(H,19,20). The minimum Gasteiger partial charge on any atom is -0.481 e. The van der Waals surface area contributed by atoms with Gasteiger partial charge >= 0.3 is 5.97 Å². The van der Waals surface area contributed by atoms with Gasteiger partial charge in [-0.2, -0.15) is 5.10 Å². The van der Waals surface area contributed by atoms with Crippen LogP contribution in [0, 0.1) is 0 Å². The molecule has 0 saturated carbocycles. The van der Waals surface area contributed by atoms with E-state index in [9.17, 15) is 9.59 Å². The molecule has 124 valence electrons. The van der Waals surface area contributed by atoms with Crippen LogP contribution in [-0.2, 0) is 22.7 Å². The summed E-state index contributed by atoms with van der Waals surface area (Å²) in [5, 5.41) is 13.6. The minimum absolute atomic E-state index is 0.0324. The van der Waals surface area contributed by atoms with E-state index >= 15 is 0 Å². The average Bonchev–Trinajstić information content (AvgIpc) is 2.46. The van der Waals surface area contributed by atoms with Gasteiger partial charge in [-0.15, -0.1) is 0 Å². The maximum absolute atomic E-state index is 12.3. The molecule has 6 nitrogen and oxygen atoms in total. The zero-order chi connectivity index (χ0) is 17.0. The van der Waals surface area contributed by atoms with Crippen LogP contribution in [0.1, 0.15) is 5.69 Å². The highest BCUT2D eigenvalue weighted by Gasteiger charge is 2.14. The molecule has 1 aromatic heterocycles. The number of aromatic nitrogens is 2. The summed E-state index contributed by atoms with van der Waals surface area (Å²) in [6.07, 6.45) is -0.390. The Balaban J connectivity index is 2.29. The second-order valence-electron chi connectivity index (χ2n) is 6.71. The number of hydrogen-bond acceptors (Lipinski definition) is 4. The molecule has 0 bridgehead atoms. The number of rotatable bonds is 7. The van der Waals surface area contributed by atoms with Crippen molar-refractivity contribution in [3.05, 3.63) is 40.2 Å². The van der Waals surface area contributed by atoms with Gasteiger partial charge in [-0.1, -0.05) is 31.8 Å². The van der Waals surface area contributed by atoms with Gasteiger partial charge in [0.05, 0.1) is 11.9 Å². The summed E-state index contributed by atoms with van der Waals surface area (Å²) < 4.78 is 7.26. The van der Waals surface area contributed by atoms with Crippen LogP contribution >= 0.6 is 0 Å². The fourth-order valence-electron chi connectivity index (χ4n) is 2.18. The van der Waals surface area contributed by atoms with Crippen molar-refractivity contribution in [1.82, 2.24) is 9.78 Å². The van der Waals surface area contributed by atoms with Gasteiger partial charge in [0.1, 0.15) is 12.4 Å². The van der Waals surface area contributed by atoms with E-state index in [1.165, 1.54) is 0 Å². The largest absolute Gasteiger partial charge is 0.481 e. The SMILES string of the molecule is C[Si](C)(C)CCOCn1nc(CC(=O)O)c(=O)c2ccccc21. The van der Waals surface area contributed by atoms with Gasteiger partial charge in [-0.05, 0) is 18.2 Å². The lowest BCUT2D eigenvalue weighted by Crippen LogP contribution is -2.24. The Labute approximate surface area is 135 Å². The molecule has 1 heterocycles. The monoisotopic (exact) mass is 334 g/mol. The van der Waals surface area contributed by atoms with Gasteiger partial charge in [-0.25, -0.2) is 4.68 Å². The second-order valence-corrected chi connectivity index (χ2v) is 12.3. The molecule has 23 heavy (non-hydrogen) atoms. The molecule has 0 unspecified atom stereocenters. The van der Waals surface area contributed by atoms with Crippen molar-refractivity contribution < 1.29 is 14.6 Å². The molecule has 2 rings (SSSR count). The minimum atomic E-state index is -1.17. The van der Waals surface area contributed by atoms with E-state index in [4.69, 9.17) is 9.84 Å². The molecule has 0 saturated heterocycles. The topological polar surface area (TPSA) is 81.4 Å². The maximum Gasteiger partial charge on any atom is 0.309 e. The van der Waals surface area contributed by atoms with Crippen molar-refractivity contribution in [1.29, 1.82) is 0 Å². The Morgan fingerprint density at radius 2 is 2.00 bits per heavy atom. The zero-order valence-electron chi connectivity index (χ0n) is 13.7. The highest BCUT2D eigenvalue weighted by molar-refractivity contribution is 6.76. The van der Waals surface area contributed by atoms with E-state index in [0.29, 0.717) is 17.5 Å². The molecule has 0 aliphatic rings. The molecule has 0 aliphatic heterocycles. The summed E-state index contributed by atoms with van der Waals surface area (Å²) in [4.78, 5) is 23.2. The Kier molecular flexibility index (Phi) is 5.33. The van der Waals surface area contributed by atoms with Gasteiger partial charge in [0.25, 0.3) is 0 Å². The third kappa shape index (κ3) is 4.74. The number of hydrogen-bond donors (Lipinski definition) is 1. The molecule has 0 spiro atoms. The van der Waals surface area contributed by atoms with Crippen molar-refractivity contribution in [2.75, 3.05) is 6.61 Å². The Hall–Kier alpha value is -1.99. The summed E-state index contributed by atoms with van der Waals surface area (Å²) in [7, 11) is -1.17. The predicted molar refractivity (Wildman–Crippen MR) is 91.4 cm³/mol. The van der Waals surface area contributed by atoms with E-state index < -0.39 is 20.5 Å².